The molecule has 7 heteroatoms. The maximum Gasteiger partial charge on any atom is 0.326 e. The molecule has 1 amide bonds. The van der Waals surface area contributed by atoms with Crippen LogP contribution in [0.3, 0.4) is 0 Å². The highest BCUT2D eigenvalue weighted by Crippen LogP contribution is 2.64. The minimum Gasteiger partial charge on any atom is -0.458 e. The van der Waals surface area contributed by atoms with Crippen molar-refractivity contribution in [2.45, 2.75) is 94.5 Å². The molecule has 1 saturated heterocycles. The van der Waals surface area contributed by atoms with Gasteiger partial charge in [0.1, 0.15) is 17.2 Å². The van der Waals surface area contributed by atoms with Crippen molar-refractivity contribution in [2.24, 2.45) is 28.9 Å². The average molecular weight is 429 g/mol. The molecule has 5 saturated carbocycles. The van der Waals surface area contributed by atoms with Crippen molar-refractivity contribution in [1.29, 1.82) is 5.26 Å². The van der Waals surface area contributed by atoms with Gasteiger partial charge in [0.05, 0.1) is 12.1 Å². The molecule has 0 aromatic rings. The third-order valence-electron chi connectivity index (χ3n) is 9.41. The summed E-state index contributed by atoms with van der Waals surface area (Å²) in [5.74, 6) is 1.15. The summed E-state index contributed by atoms with van der Waals surface area (Å²) in [4.78, 5) is 30.4. The Hall–Kier alpha value is -1.65. The van der Waals surface area contributed by atoms with Crippen LogP contribution < -0.4 is 5.73 Å². The van der Waals surface area contributed by atoms with Gasteiger partial charge in [0.25, 0.3) is 0 Å². The number of hydrogen-bond donors (Lipinski definition) is 1. The second-order valence-electron chi connectivity index (χ2n) is 12.0. The van der Waals surface area contributed by atoms with Gasteiger partial charge in [-0.05, 0) is 102 Å². The molecule has 0 radical (unpaired) electrons. The van der Waals surface area contributed by atoms with E-state index in [0.717, 1.165) is 44.9 Å². The summed E-state index contributed by atoms with van der Waals surface area (Å²) in [5, 5.41) is 9.55. The number of esters is 1. The lowest BCUT2D eigenvalue weighted by atomic mass is 9.46. The fourth-order valence-electron chi connectivity index (χ4n) is 7.55. The van der Waals surface area contributed by atoms with E-state index in [9.17, 15) is 14.9 Å². The minimum atomic E-state index is -0.703. The molecular weight excluding hydrogens is 392 g/mol. The molecule has 0 aromatic heterocycles. The number of likely N-dealkylation sites (tertiary alicyclic amines) is 1. The fraction of sp³-hybridized carbons (Fsp3) is 0.875. The van der Waals surface area contributed by atoms with E-state index in [0.29, 0.717) is 24.2 Å². The van der Waals surface area contributed by atoms with E-state index in [4.69, 9.17) is 10.5 Å². The van der Waals surface area contributed by atoms with E-state index in [1.54, 1.807) is 0 Å². The van der Waals surface area contributed by atoms with Crippen molar-refractivity contribution in [3.05, 3.63) is 0 Å². The molecule has 170 valence electrons. The van der Waals surface area contributed by atoms with Crippen molar-refractivity contribution in [1.82, 2.24) is 9.80 Å². The third-order valence-corrected chi connectivity index (χ3v) is 9.41. The van der Waals surface area contributed by atoms with Crippen molar-refractivity contribution in [2.75, 3.05) is 14.1 Å². The highest BCUT2D eigenvalue weighted by molar-refractivity contribution is 5.85. The van der Waals surface area contributed by atoms with Crippen LogP contribution in [0.2, 0.25) is 0 Å². The first kappa shape index (κ1) is 21.2. The predicted octanol–water partition coefficient (Wildman–Crippen LogP) is 2.05. The Bertz CT molecular complexity index is 832. The van der Waals surface area contributed by atoms with Crippen LogP contribution in [0.1, 0.15) is 65.2 Å². The molecular formula is C24H36N4O3. The minimum absolute atomic E-state index is 0.0476. The average Bonchev–Trinajstić information content (AvgIpc) is 3.35. The Morgan fingerprint density at radius 3 is 2.39 bits per heavy atom. The summed E-state index contributed by atoms with van der Waals surface area (Å²) < 4.78 is 6.32. The Balaban J connectivity index is 1.39. The van der Waals surface area contributed by atoms with Gasteiger partial charge < -0.3 is 15.4 Å². The van der Waals surface area contributed by atoms with Gasteiger partial charge in [0.2, 0.25) is 5.91 Å². The second kappa shape index (κ2) is 6.68. The molecule has 1 heterocycles. The molecule has 0 aromatic carbocycles. The van der Waals surface area contributed by atoms with Gasteiger partial charge in [0, 0.05) is 6.04 Å². The predicted molar refractivity (Wildman–Crippen MR) is 114 cm³/mol. The van der Waals surface area contributed by atoms with Gasteiger partial charge in [0.15, 0.2) is 0 Å². The summed E-state index contributed by atoms with van der Waals surface area (Å²) in [6.07, 6.45) is 7.27. The number of nitrogens with zero attached hydrogens (tertiary/aromatic N) is 3. The Labute approximate surface area is 185 Å². The van der Waals surface area contributed by atoms with Gasteiger partial charge in [-0.1, -0.05) is 0 Å². The first-order valence-corrected chi connectivity index (χ1v) is 11.9. The maximum absolute atomic E-state index is 13.6. The molecule has 5 aliphatic carbocycles. The van der Waals surface area contributed by atoms with Gasteiger partial charge in [-0.2, -0.15) is 5.26 Å². The number of likely N-dealkylation sites (N-methyl/N-ethyl adjacent to an activating group) is 1. The Kier molecular flexibility index (Phi) is 4.57. The lowest BCUT2D eigenvalue weighted by Gasteiger charge is -2.63. The standard InChI is InChI=1S/C24H36N4O3/c1-22(2,27(3)4)21(30)31-24-10-14-5-15(11-24)9-23(8-14,13-24)19(26)20(29)28-17(12-25)6-16-7-18(16)28/h14-19H,5-11,13,26H2,1-4H3/t14-,15?,16?,17-,18?,19+,23?,24?/m0/s1. The highest BCUT2D eigenvalue weighted by atomic mass is 16.6. The molecule has 0 spiro atoms. The molecule has 8 atom stereocenters. The molecule has 5 unspecified atom stereocenters. The number of fused-ring (bicyclic) bond motifs is 1. The monoisotopic (exact) mass is 428 g/mol. The summed E-state index contributed by atoms with van der Waals surface area (Å²) in [5.41, 5.74) is 5.24. The SMILES string of the molecule is CN(C)C(C)(C)C(=O)OC12CC3C[C@H](C1)CC([C@H](N)C(=O)N1C4CC4C[C@H]1C#N)(C3)C2. The van der Waals surface area contributed by atoms with E-state index in [2.05, 4.69) is 6.07 Å². The second-order valence-corrected chi connectivity index (χ2v) is 12.0. The molecule has 1 aliphatic heterocycles. The van der Waals surface area contributed by atoms with Crippen molar-refractivity contribution >= 4 is 11.9 Å². The van der Waals surface area contributed by atoms with Crippen LogP contribution in [0.4, 0.5) is 0 Å². The molecule has 6 aliphatic rings. The fourth-order valence-corrected chi connectivity index (χ4v) is 7.55. The third kappa shape index (κ3) is 3.13. The zero-order valence-electron chi connectivity index (χ0n) is 19.3. The highest BCUT2D eigenvalue weighted by Gasteiger charge is 2.64. The molecule has 2 N–H and O–H groups in total. The van der Waals surface area contributed by atoms with Gasteiger partial charge in [-0.15, -0.1) is 0 Å². The van der Waals surface area contributed by atoms with E-state index in [1.165, 1.54) is 0 Å². The molecule has 6 rings (SSSR count). The van der Waals surface area contributed by atoms with E-state index < -0.39 is 17.2 Å². The first-order chi connectivity index (χ1) is 14.5. The summed E-state index contributed by atoms with van der Waals surface area (Å²) in [6.45, 7) is 3.78. The topological polar surface area (TPSA) is 99.7 Å². The number of nitrogens with two attached hydrogens (primary N) is 1. The van der Waals surface area contributed by atoms with Crippen LogP contribution >= 0.6 is 0 Å². The van der Waals surface area contributed by atoms with E-state index in [1.807, 2.05) is 37.7 Å². The summed E-state index contributed by atoms with van der Waals surface area (Å²) in [6, 6.07) is 1.59. The number of carbonyl (C=O) groups is 2. The first-order valence-electron chi connectivity index (χ1n) is 11.9. The zero-order valence-corrected chi connectivity index (χ0v) is 19.3. The number of ether oxygens (including phenoxy) is 1. The Morgan fingerprint density at radius 2 is 1.81 bits per heavy atom. The van der Waals surface area contributed by atoms with Crippen LogP contribution in [0.15, 0.2) is 0 Å². The number of rotatable bonds is 5. The van der Waals surface area contributed by atoms with Gasteiger partial charge in [-0.25, -0.2) is 0 Å². The molecule has 6 fully saturated rings. The number of carbonyl (C=O) groups excluding carboxylic acids is 2. The number of hydrogen-bond acceptors (Lipinski definition) is 6. The largest absolute Gasteiger partial charge is 0.458 e. The Morgan fingerprint density at radius 1 is 1.16 bits per heavy atom. The molecule has 31 heavy (non-hydrogen) atoms. The molecule has 4 bridgehead atoms. The number of piperidine rings is 1. The van der Waals surface area contributed by atoms with E-state index in [-0.39, 0.29) is 29.4 Å². The van der Waals surface area contributed by atoms with Gasteiger partial charge >= 0.3 is 5.97 Å². The number of amides is 1. The molecule has 7 nitrogen and oxygen atoms in total. The quantitative estimate of drug-likeness (QED) is 0.673. The smallest absolute Gasteiger partial charge is 0.326 e. The van der Waals surface area contributed by atoms with Crippen LogP contribution in [-0.4, -0.2) is 65.0 Å². The van der Waals surface area contributed by atoms with Crippen molar-refractivity contribution in [3.63, 3.8) is 0 Å². The van der Waals surface area contributed by atoms with Gasteiger partial charge in [-0.3, -0.25) is 14.5 Å². The van der Waals surface area contributed by atoms with Crippen LogP contribution in [-0.2, 0) is 14.3 Å². The number of nitriles is 1. The van der Waals surface area contributed by atoms with Crippen LogP contribution in [0, 0.1) is 34.5 Å². The summed E-state index contributed by atoms with van der Waals surface area (Å²) >= 11 is 0. The van der Waals surface area contributed by atoms with Crippen molar-refractivity contribution in [3.8, 4) is 6.07 Å². The lowest BCUT2D eigenvalue weighted by molar-refractivity contribution is -0.213. The van der Waals surface area contributed by atoms with Crippen molar-refractivity contribution < 1.29 is 14.3 Å². The summed E-state index contributed by atoms with van der Waals surface area (Å²) in [7, 11) is 3.79. The van der Waals surface area contributed by atoms with Crippen LogP contribution in [0.5, 0.6) is 0 Å². The van der Waals surface area contributed by atoms with E-state index >= 15 is 0 Å². The maximum atomic E-state index is 13.6. The van der Waals surface area contributed by atoms with Crippen LogP contribution in [0.25, 0.3) is 0 Å². The lowest BCUT2D eigenvalue weighted by Crippen LogP contribution is -2.66. The zero-order chi connectivity index (χ0) is 22.3. The normalized spacial score (nSPS) is 43.5.